The Balaban J connectivity index is 2.19. The van der Waals surface area contributed by atoms with Crippen molar-refractivity contribution < 1.29 is 5.11 Å². The molecule has 1 unspecified atom stereocenters. The van der Waals surface area contributed by atoms with Gasteiger partial charge in [-0.05, 0) is 35.7 Å². The van der Waals surface area contributed by atoms with Crippen LogP contribution in [0.2, 0.25) is 5.02 Å². The molecule has 2 rings (SSSR count). The van der Waals surface area contributed by atoms with Crippen molar-refractivity contribution in [3.63, 3.8) is 0 Å². The van der Waals surface area contributed by atoms with Gasteiger partial charge >= 0.3 is 0 Å². The van der Waals surface area contributed by atoms with Crippen LogP contribution >= 0.6 is 27.5 Å². The Labute approximate surface area is 121 Å². The first kappa shape index (κ1) is 13.6. The van der Waals surface area contributed by atoms with E-state index in [2.05, 4.69) is 15.9 Å². The minimum atomic E-state index is -0.531. The Bertz CT molecular complexity index is 554. The van der Waals surface area contributed by atoms with Crippen molar-refractivity contribution in [2.24, 2.45) is 0 Å². The molecule has 0 heterocycles. The normalized spacial score (nSPS) is 12.4. The standard InChI is InChI=1S/C15H14BrClO/c1-10-8-12(6-7-13(10)16)15(18)9-11-4-2-3-5-14(11)17/h2-8,15,18H,9H2,1H3. The van der Waals surface area contributed by atoms with Gasteiger partial charge in [-0.3, -0.25) is 0 Å². The summed E-state index contributed by atoms with van der Waals surface area (Å²) in [5.74, 6) is 0. The highest BCUT2D eigenvalue weighted by atomic mass is 79.9. The highest BCUT2D eigenvalue weighted by Crippen LogP contribution is 2.26. The van der Waals surface area contributed by atoms with Crippen LogP contribution in [0.15, 0.2) is 46.9 Å². The Hall–Kier alpha value is -0.830. The zero-order valence-electron chi connectivity index (χ0n) is 10.0. The van der Waals surface area contributed by atoms with Gasteiger partial charge in [0.25, 0.3) is 0 Å². The molecule has 0 aliphatic carbocycles. The summed E-state index contributed by atoms with van der Waals surface area (Å²) in [6.45, 7) is 2.01. The molecular formula is C15H14BrClO. The van der Waals surface area contributed by atoms with E-state index in [1.54, 1.807) is 0 Å². The molecule has 0 saturated carbocycles. The largest absolute Gasteiger partial charge is 0.388 e. The van der Waals surface area contributed by atoms with Crippen molar-refractivity contribution in [3.8, 4) is 0 Å². The molecule has 0 aliphatic heterocycles. The first-order valence-corrected chi connectivity index (χ1v) is 6.92. The monoisotopic (exact) mass is 324 g/mol. The van der Waals surface area contributed by atoms with Crippen LogP contribution in [0.4, 0.5) is 0 Å². The lowest BCUT2D eigenvalue weighted by atomic mass is 10.00. The molecule has 1 atom stereocenters. The number of hydrogen-bond donors (Lipinski definition) is 1. The van der Waals surface area contributed by atoms with E-state index >= 15 is 0 Å². The predicted octanol–water partition coefficient (Wildman–Crippen LogP) is 4.69. The topological polar surface area (TPSA) is 20.2 Å². The maximum absolute atomic E-state index is 10.2. The van der Waals surface area contributed by atoms with Gasteiger partial charge in [0.1, 0.15) is 0 Å². The molecule has 0 aliphatic rings. The molecule has 1 N–H and O–H groups in total. The third-order valence-electron chi connectivity index (χ3n) is 2.94. The van der Waals surface area contributed by atoms with Gasteiger partial charge in [0.15, 0.2) is 0 Å². The van der Waals surface area contributed by atoms with Crippen LogP contribution in [0.1, 0.15) is 22.8 Å². The quantitative estimate of drug-likeness (QED) is 0.868. The Morgan fingerprint density at radius 2 is 1.94 bits per heavy atom. The van der Waals surface area contributed by atoms with Gasteiger partial charge in [-0.1, -0.05) is 57.9 Å². The summed E-state index contributed by atoms with van der Waals surface area (Å²) in [5, 5.41) is 10.9. The maximum Gasteiger partial charge on any atom is 0.0831 e. The average molecular weight is 326 g/mol. The van der Waals surface area contributed by atoms with Crippen LogP contribution in [0.3, 0.4) is 0 Å². The van der Waals surface area contributed by atoms with Gasteiger partial charge in [0, 0.05) is 15.9 Å². The van der Waals surface area contributed by atoms with Crippen molar-refractivity contribution in [2.75, 3.05) is 0 Å². The number of aryl methyl sites for hydroxylation is 1. The summed E-state index contributed by atoms with van der Waals surface area (Å²) in [6, 6.07) is 13.5. The molecule has 0 bridgehead atoms. The van der Waals surface area contributed by atoms with Gasteiger partial charge in [-0.25, -0.2) is 0 Å². The van der Waals surface area contributed by atoms with E-state index < -0.39 is 6.10 Å². The van der Waals surface area contributed by atoms with Crippen molar-refractivity contribution in [1.82, 2.24) is 0 Å². The minimum absolute atomic E-state index is 0.529. The van der Waals surface area contributed by atoms with Crippen molar-refractivity contribution in [2.45, 2.75) is 19.4 Å². The second-order valence-corrected chi connectivity index (χ2v) is 5.58. The van der Waals surface area contributed by atoms with E-state index in [1.807, 2.05) is 49.4 Å². The van der Waals surface area contributed by atoms with E-state index in [1.165, 1.54) is 0 Å². The van der Waals surface area contributed by atoms with Gasteiger partial charge in [0.2, 0.25) is 0 Å². The fourth-order valence-electron chi connectivity index (χ4n) is 1.87. The summed E-state index contributed by atoms with van der Waals surface area (Å²) in [5.41, 5.74) is 2.99. The zero-order valence-corrected chi connectivity index (χ0v) is 12.4. The lowest BCUT2D eigenvalue weighted by Crippen LogP contribution is -2.02. The molecule has 0 fully saturated rings. The molecule has 18 heavy (non-hydrogen) atoms. The fourth-order valence-corrected chi connectivity index (χ4v) is 2.32. The van der Waals surface area contributed by atoms with Crippen LogP contribution in [-0.2, 0) is 6.42 Å². The van der Waals surface area contributed by atoms with Crippen LogP contribution in [0, 0.1) is 6.92 Å². The number of rotatable bonds is 3. The van der Waals surface area contributed by atoms with E-state index in [0.29, 0.717) is 11.4 Å². The third kappa shape index (κ3) is 3.14. The summed E-state index contributed by atoms with van der Waals surface area (Å²) in [4.78, 5) is 0. The molecule has 0 amide bonds. The van der Waals surface area contributed by atoms with Crippen LogP contribution < -0.4 is 0 Å². The third-order valence-corrected chi connectivity index (χ3v) is 4.20. The highest BCUT2D eigenvalue weighted by Gasteiger charge is 2.11. The van der Waals surface area contributed by atoms with Gasteiger partial charge in [0.05, 0.1) is 6.10 Å². The zero-order chi connectivity index (χ0) is 13.1. The molecule has 0 saturated heterocycles. The van der Waals surface area contributed by atoms with Gasteiger partial charge in [-0.2, -0.15) is 0 Å². The molecule has 0 radical (unpaired) electrons. The van der Waals surface area contributed by atoms with E-state index in [0.717, 1.165) is 21.2 Å². The van der Waals surface area contributed by atoms with Crippen molar-refractivity contribution in [1.29, 1.82) is 0 Å². The highest BCUT2D eigenvalue weighted by molar-refractivity contribution is 9.10. The number of hydrogen-bond acceptors (Lipinski definition) is 1. The van der Waals surface area contributed by atoms with Crippen molar-refractivity contribution >= 4 is 27.5 Å². The van der Waals surface area contributed by atoms with E-state index in [4.69, 9.17) is 11.6 Å². The molecule has 0 aromatic heterocycles. The lowest BCUT2D eigenvalue weighted by Gasteiger charge is -2.13. The smallest absolute Gasteiger partial charge is 0.0831 e. The minimum Gasteiger partial charge on any atom is -0.388 e. The van der Waals surface area contributed by atoms with Crippen LogP contribution in [-0.4, -0.2) is 5.11 Å². The molecular weight excluding hydrogens is 312 g/mol. The first-order valence-electron chi connectivity index (χ1n) is 5.75. The molecule has 2 aromatic carbocycles. The van der Waals surface area contributed by atoms with E-state index in [9.17, 15) is 5.11 Å². The van der Waals surface area contributed by atoms with Gasteiger partial charge in [-0.15, -0.1) is 0 Å². The second kappa shape index (κ2) is 5.87. The fraction of sp³-hybridized carbons (Fsp3) is 0.200. The molecule has 1 nitrogen and oxygen atoms in total. The predicted molar refractivity (Wildman–Crippen MR) is 79.0 cm³/mol. The van der Waals surface area contributed by atoms with E-state index in [-0.39, 0.29) is 0 Å². The molecule has 94 valence electrons. The Morgan fingerprint density at radius 3 is 2.61 bits per heavy atom. The van der Waals surface area contributed by atoms with Gasteiger partial charge < -0.3 is 5.11 Å². The average Bonchev–Trinajstić information content (AvgIpc) is 2.35. The SMILES string of the molecule is Cc1cc(C(O)Cc2ccccc2Cl)ccc1Br. The second-order valence-electron chi connectivity index (χ2n) is 4.32. The number of benzene rings is 2. The molecule has 0 spiro atoms. The lowest BCUT2D eigenvalue weighted by molar-refractivity contribution is 0.178. The summed E-state index contributed by atoms with van der Waals surface area (Å²) in [6.07, 6.45) is -0.00232. The summed E-state index contributed by atoms with van der Waals surface area (Å²) < 4.78 is 1.05. The number of aliphatic hydroxyl groups excluding tert-OH is 1. The molecule has 3 heteroatoms. The summed E-state index contributed by atoms with van der Waals surface area (Å²) >= 11 is 9.55. The summed E-state index contributed by atoms with van der Waals surface area (Å²) in [7, 11) is 0. The number of halogens is 2. The van der Waals surface area contributed by atoms with Crippen LogP contribution in [0.5, 0.6) is 0 Å². The van der Waals surface area contributed by atoms with Crippen LogP contribution in [0.25, 0.3) is 0 Å². The maximum atomic E-state index is 10.2. The molecule has 2 aromatic rings. The first-order chi connectivity index (χ1) is 8.58. The Kier molecular flexibility index (Phi) is 4.44. The Morgan fingerprint density at radius 1 is 1.22 bits per heavy atom. The number of aliphatic hydroxyl groups is 1. The van der Waals surface area contributed by atoms with Crippen molar-refractivity contribution in [3.05, 3.63) is 68.7 Å².